The maximum Gasteiger partial charge on any atom is 0.287 e. The third kappa shape index (κ3) is 3.24. The number of ether oxygens (including phenoxy) is 2. The fraction of sp³-hybridized carbons (Fsp3) is 0.429. The zero-order chi connectivity index (χ0) is 14.6. The molecule has 0 aromatic heterocycles. The van der Waals surface area contributed by atoms with Gasteiger partial charge in [0.05, 0.1) is 14.2 Å². The molecular formula is C14H19NO4. The number of benzene rings is 1. The van der Waals surface area contributed by atoms with Gasteiger partial charge in [-0.25, -0.2) is 0 Å². The van der Waals surface area contributed by atoms with E-state index in [1.807, 2.05) is 19.9 Å². The van der Waals surface area contributed by atoms with Crippen molar-refractivity contribution >= 4 is 11.7 Å². The molecule has 0 heterocycles. The van der Waals surface area contributed by atoms with Gasteiger partial charge in [-0.05, 0) is 31.0 Å². The molecule has 104 valence electrons. The SMILES string of the molecule is COc1cc(CNC(=O)C(C)=O)c(OC)c(C)c1C. The molecule has 0 spiro atoms. The summed E-state index contributed by atoms with van der Waals surface area (Å²) in [4.78, 5) is 22.2. The van der Waals surface area contributed by atoms with Gasteiger partial charge in [-0.3, -0.25) is 9.59 Å². The van der Waals surface area contributed by atoms with Crippen LogP contribution in [0.5, 0.6) is 11.5 Å². The molecule has 0 aliphatic rings. The Labute approximate surface area is 112 Å². The summed E-state index contributed by atoms with van der Waals surface area (Å²) in [7, 11) is 3.16. The Bertz CT molecular complexity index is 509. The molecular weight excluding hydrogens is 246 g/mol. The van der Waals surface area contributed by atoms with Crippen LogP contribution in [0.3, 0.4) is 0 Å². The van der Waals surface area contributed by atoms with Crippen molar-refractivity contribution in [3.05, 3.63) is 22.8 Å². The molecule has 1 N–H and O–H groups in total. The van der Waals surface area contributed by atoms with Crippen LogP contribution in [0.2, 0.25) is 0 Å². The number of nitrogens with one attached hydrogen (secondary N) is 1. The second kappa shape index (κ2) is 6.22. The van der Waals surface area contributed by atoms with E-state index in [0.717, 1.165) is 22.4 Å². The van der Waals surface area contributed by atoms with Crippen LogP contribution in [0.1, 0.15) is 23.6 Å². The van der Waals surface area contributed by atoms with Crippen molar-refractivity contribution in [2.45, 2.75) is 27.3 Å². The molecule has 0 aliphatic carbocycles. The highest BCUT2D eigenvalue weighted by molar-refractivity contribution is 6.35. The number of carbonyl (C=O) groups is 2. The molecule has 0 aliphatic heterocycles. The summed E-state index contributed by atoms with van der Waals surface area (Å²) in [5.74, 6) is 0.293. The van der Waals surface area contributed by atoms with E-state index in [4.69, 9.17) is 9.47 Å². The molecule has 1 rings (SSSR count). The van der Waals surface area contributed by atoms with Crippen LogP contribution in [0.4, 0.5) is 0 Å². The monoisotopic (exact) mass is 265 g/mol. The van der Waals surface area contributed by atoms with Gasteiger partial charge in [-0.2, -0.15) is 0 Å². The first-order valence-corrected chi connectivity index (χ1v) is 5.92. The number of carbonyl (C=O) groups excluding carboxylic acids is 2. The van der Waals surface area contributed by atoms with E-state index >= 15 is 0 Å². The molecule has 5 nitrogen and oxygen atoms in total. The maximum absolute atomic E-state index is 11.3. The van der Waals surface area contributed by atoms with Gasteiger partial charge in [-0.15, -0.1) is 0 Å². The lowest BCUT2D eigenvalue weighted by atomic mass is 10.0. The van der Waals surface area contributed by atoms with Crippen molar-refractivity contribution in [2.75, 3.05) is 14.2 Å². The molecule has 0 atom stereocenters. The van der Waals surface area contributed by atoms with Crippen LogP contribution in [0.25, 0.3) is 0 Å². The zero-order valence-corrected chi connectivity index (χ0v) is 11.9. The Morgan fingerprint density at radius 1 is 1.16 bits per heavy atom. The van der Waals surface area contributed by atoms with Gasteiger partial charge in [0, 0.05) is 19.0 Å². The summed E-state index contributed by atoms with van der Waals surface area (Å²) in [6.07, 6.45) is 0. The number of ketones is 1. The quantitative estimate of drug-likeness (QED) is 0.820. The smallest absolute Gasteiger partial charge is 0.287 e. The van der Waals surface area contributed by atoms with E-state index in [2.05, 4.69) is 5.32 Å². The highest BCUT2D eigenvalue weighted by atomic mass is 16.5. The van der Waals surface area contributed by atoms with Gasteiger partial charge < -0.3 is 14.8 Å². The van der Waals surface area contributed by atoms with Gasteiger partial charge in [0.1, 0.15) is 11.5 Å². The summed E-state index contributed by atoms with van der Waals surface area (Å²) in [5.41, 5.74) is 2.71. The van der Waals surface area contributed by atoms with Gasteiger partial charge in [0.25, 0.3) is 5.91 Å². The first-order chi connectivity index (χ1) is 8.92. The first kappa shape index (κ1) is 15.0. The Morgan fingerprint density at radius 3 is 2.26 bits per heavy atom. The molecule has 1 aromatic carbocycles. The fourth-order valence-electron chi connectivity index (χ4n) is 1.86. The number of hydrogen-bond acceptors (Lipinski definition) is 4. The average molecular weight is 265 g/mol. The molecule has 0 unspecified atom stereocenters. The molecule has 1 amide bonds. The van der Waals surface area contributed by atoms with Crippen molar-refractivity contribution in [1.82, 2.24) is 5.32 Å². The van der Waals surface area contributed by atoms with E-state index in [0.29, 0.717) is 5.75 Å². The molecule has 0 fully saturated rings. The first-order valence-electron chi connectivity index (χ1n) is 5.92. The largest absolute Gasteiger partial charge is 0.496 e. The standard InChI is InChI=1S/C14H19NO4/c1-8-9(2)13(19-5)11(6-12(8)18-4)7-15-14(17)10(3)16/h6H,7H2,1-5H3,(H,15,17). The molecule has 1 aromatic rings. The maximum atomic E-state index is 11.3. The molecule has 0 saturated heterocycles. The fourth-order valence-corrected chi connectivity index (χ4v) is 1.86. The predicted molar refractivity (Wildman–Crippen MR) is 71.5 cm³/mol. The third-order valence-electron chi connectivity index (χ3n) is 3.05. The summed E-state index contributed by atoms with van der Waals surface area (Å²) in [6.45, 7) is 5.31. The lowest BCUT2D eigenvalue weighted by Crippen LogP contribution is -2.28. The Kier molecular flexibility index (Phi) is 4.92. The van der Waals surface area contributed by atoms with E-state index in [1.54, 1.807) is 14.2 Å². The van der Waals surface area contributed by atoms with Crippen molar-refractivity contribution in [2.24, 2.45) is 0 Å². The van der Waals surface area contributed by atoms with E-state index in [-0.39, 0.29) is 6.54 Å². The molecule has 0 radical (unpaired) electrons. The Morgan fingerprint density at radius 2 is 1.79 bits per heavy atom. The second-order valence-electron chi connectivity index (χ2n) is 4.26. The minimum absolute atomic E-state index is 0.221. The van der Waals surface area contributed by atoms with Crippen LogP contribution in [-0.4, -0.2) is 25.9 Å². The number of amides is 1. The number of hydrogen-bond donors (Lipinski definition) is 1. The molecule has 0 saturated carbocycles. The molecule has 19 heavy (non-hydrogen) atoms. The highest BCUT2D eigenvalue weighted by Gasteiger charge is 2.15. The number of methoxy groups -OCH3 is 2. The molecule has 0 bridgehead atoms. The predicted octanol–water partition coefficient (Wildman–Crippen LogP) is 1.53. The van der Waals surface area contributed by atoms with E-state index in [9.17, 15) is 9.59 Å². The minimum atomic E-state index is -0.612. The van der Waals surface area contributed by atoms with Crippen molar-refractivity contribution < 1.29 is 19.1 Å². The van der Waals surface area contributed by atoms with E-state index < -0.39 is 11.7 Å². The van der Waals surface area contributed by atoms with Crippen LogP contribution in [-0.2, 0) is 16.1 Å². The van der Waals surface area contributed by atoms with Crippen molar-refractivity contribution in [3.8, 4) is 11.5 Å². The third-order valence-corrected chi connectivity index (χ3v) is 3.05. The van der Waals surface area contributed by atoms with Gasteiger partial charge in [0.15, 0.2) is 0 Å². The highest BCUT2D eigenvalue weighted by Crippen LogP contribution is 2.33. The second-order valence-corrected chi connectivity index (χ2v) is 4.26. The zero-order valence-electron chi connectivity index (χ0n) is 11.9. The lowest BCUT2D eigenvalue weighted by Gasteiger charge is -2.17. The summed E-state index contributed by atoms with van der Waals surface area (Å²) < 4.78 is 10.6. The summed E-state index contributed by atoms with van der Waals surface area (Å²) in [5, 5.41) is 2.55. The minimum Gasteiger partial charge on any atom is -0.496 e. The molecule has 5 heteroatoms. The van der Waals surface area contributed by atoms with Crippen LogP contribution in [0, 0.1) is 13.8 Å². The van der Waals surface area contributed by atoms with E-state index in [1.165, 1.54) is 6.92 Å². The van der Waals surface area contributed by atoms with Crippen LogP contribution in [0.15, 0.2) is 6.07 Å². The van der Waals surface area contributed by atoms with Gasteiger partial charge in [-0.1, -0.05) is 0 Å². The number of Topliss-reactive ketones (excluding diaryl/α,β-unsaturated/α-hetero) is 1. The van der Waals surface area contributed by atoms with Crippen LogP contribution < -0.4 is 14.8 Å². The van der Waals surface area contributed by atoms with Gasteiger partial charge >= 0.3 is 0 Å². The summed E-state index contributed by atoms with van der Waals surface area (Å²) in [6, 6.07) is 1.81. The van der Waals surface area contributed by atoms with Crippen molar-refractivity contribution in [1.29, 1.82) is 0 Å². The topological polar surface area (TPSA) is 64.6 Å². The van der Waals surface area contributed by atoms with Crippen LogP contribution >= 0.6 is 0 Å². The Hall–Kier alpha value is -2.04. The lowest BCUT2D eigenvalue weighted by molar-refractivity contribution is -0.136. The van der Waals surface area contributed by atoms with Crippen molar-refractivity contribution in [3.63, 3.8) is 0 Å². The Balaban J connectivity index is 3.08. The summed E-state index contributed by atoms with van der Waals surface area (Å²) >= 11 is 0. The van der Waals surface area contributed by atoms with Gasteiger partial charge in [0.2, 0.25) is 5.78 Å². The average Bonchev–Trinajstić information content (AvgIpc) is 2.39. The normalized spacial score (nSPS) is 9.95. The number of rotatable bonds is 5.